The van der Waals surface area contributed by atoms with E-state index >= 15 is 0 Å². The quantitative estimate of drug-likeness (QED) is 0.847. The van der Waals surface area contributed by atoms with Crippen LogP contribution in [0, 0.1) is 0 Å². The number of nitrogens with zero attached hydrogens (tertiary/aromatic N) is 1. The van der Waals surface area contributed by atoms with E-state index in [1.165, 1.54) is 0 Å². The Kier molecular flexibility index (Phi) is 3.52. The zero-order valence-electron chi connectivity index (χ0n) is 7.95. The number of pyridine rings is 1. The molecule has 0 saturated heterocycles. The van der Waals surface area contributed by atoms with Crippen LogP contribution in [-0.2, 0) is 6.18 Å². The van der Waals surface area contributed by atoms with Crippen LogP contribution in [0.1, 0.15) is 12.5 Å². The van der Waals surface area contributed by atoms with E-state index in [1.54, 1.807) is 6.92 Å². The number of aliphatic hydroxyl groups excluding tert-OH is 1. The van der Waals surface area contributed by atoms with Gasteiger partial charge in [-0.3, -0.25) is 0 Å². The zero-order chi connectivity index (χ0) is 11.5. The number of halogens is 3. The molecule has 0 radical (unpaired) electrons. The largest absolute Gasteiger partial charge is 0.472 e. The molecule has 0 spiro atoms. The second kappa shape index (κ2) is 4.48. The van der Waals surface area contributed by atoms with Crippen LogP contribution in [0.25, 0.3) is 0 Å². The third-order valence-electron chi connectivity index (χ3n) is 1.64. The summed E-state index contributed by atoms with van der Waals surface area (Å²) >= 11 is 0. The predicted molar refractivity (Wildman–Crippen MR) is 46.4 cm³/mol. The van der Waals surface area contributed by atoms with Gasteiger partial charge < -0.3 is 9.84 Å². The minimum Gasteiger partial charge on any atom is -0.472 e. The number of aromatic nitrogens is 1. The minimum atomic E-state index is -4.39. The number of ether oxygens (including phenoxy) is 1. The summed E-state index contributed by atoms with van der Waals surface area (Å²) in [7, 11) is 0. The lowest BCUT2D eigenvalue weighted by Gasteiger charge is -2.11. The average molecular weight is 221 g/mol. The first-order valence-corrected chi connectivity index (χ1v) is 4.24. The van der Waals surface area contributed by atoms with E-state index in [9.17, 15) is 13.2 Å². The second-order valence-corrected chi connectivity index (χ2v) is 2.99. The topological polar surface area (TPSA) is 42.4 Å². The van der Waals surface area contributed by atoms with Crippen LogP contribution in [0.3, 0.4) is 0 Å². The van der Waals surface area contributed by atoms with Gasteiger partial charge in [-0.1, -0.05) is 0 Å². The highest BCUT2D eigenvalue weighted by molar-refractivity contribution is 5.20. The van der Waals surface area contributed by atoms with Crippen molar-refractivity contribution in [3.63, 3.8) is 0 Å². The van der Waals surface area contributed by atoms with Gasteiger partial charge in [0.05, 0.1) is 12.2 Å². The summed E-state index contributed by atoms with van der Waals surface area (Å²) in [5.41, 5.74) is -0.827. The molecule has 1 aromatic rings. The van der Waals surface area contributed by atoms with Crippen molar-refractivity contribution in [3.05, 3.63) is 23.9 Å². The summed E-state index contributed by atoms with van der Waals surface area (Å²) in [6.45, 7) is 1.36. The first-order valence-electron chi connectivity index (χ1n) is 4.24. The molecule has 1 unspecified atom stereocenters. The Hall–Kier alpha value is -1.30. The van der Waals surface area contributed by atoms with E-state index < -0.39 is 17.8 Å². The van der Waals surface area contributed by atoms with Crippen molar-refractivity contribution in [1.82, 2.24) is 4.98 Å². The Balaban J connectivity index is 2.73. The number of rotatable bonds is 3. The lowest BCUT2D eigenvalue weighted by Crippen LogP contribution is -2.17. The van der Waals surface area contributed by atoms with Crippen LogP contribution in [-0.4, -0.2) is 22.8 Å². The lowest BCUT2D eigenvalue weighted by atomic mass is 10.3. The highest BCUT2D eigenvalue weighted by Gasteiger charge is 2.30. The van der Waals surface area contributed by atoms with E-state index in [0.29, 0.717) is 6.20 Å². The minimum absolute atomic E-state index is 0.0598. The molecule has 0 aliphatic rings. The van der Waals surface area contributed by atoms with Gasteiger partial charge in [-0.25, -0.2) is 4.98 Å². The number of hydrogen-bond acceptors (Lipinski definition) is 3. The molecule has 3 nitrogen and oxygen atoms in total. The standard InChI is InChI=1S/C9H10F3NO2/c1-6(5-14)15-8-3-2-7(4-13-8)9(10,11)12/h2-4,6,14H,5H2,1H3. The van der Waals surface area contributed by atoms with Crippen LogP contribution in [0.2, 0.25) is 0 Å². The summed E-state index contributed by atoms with van der Waals surface area (Å²) < 4.78 is 41.4. The first-order chi connectivity index (χ1) is 6.93. The Labute approximate surface area is 84.5 Å². The third kappa shape index (κ3) is 3.39. The average Bonchev–Trinajstić information content (AvgIpc) is 2.17. The zero-order valence-corrected chi connectivity index (χ0v) is 7.95. The van der Waals surface area contributed by atoms with Gasteiger partial charge in [0.2, 0.25) is 5.88 Å². The van der Waals surface area contributed by atoms with Crippen molar-refractivity contribution in [2.45, 2.75) is 19.2 Å². The van der Waals surface area contributed by atoms with E-state index in [1.807, 2.05) is 0 Å². The van der Waals surface area contributed by atoms with Gasteiger partial charge in [0.15, 0.2) is 0 Å². The molecule has 0 bridgehead atoms. The molecular weight excluding hydrogens is 211 g/mol. The van der Waals surface area contributed by atoms with Gasteiger partial charge in [0, 0.05) is 12.3 Å². The summed E-state index contributed by atoms with van der Waals surface area (Å²) in [5, 5.41) is 8.65. The van der Waals surface area contributed by atoms with Gasteiger partial charge in [0.25, 0.3) is 0 Å². The molecule has 0 aliphatic heterocycles. The smallest absolute Gasteiger partial charge is 0.417 e. The molecule has 0 amide bonds. The van der Waals surface area contributed by atoms with Crippen LogP contribution in [0.5, 0.6) is 5.88 Å². The molecule has 1 heterocycles. The molecule has 15 heavy (non-hydrogen) atoms. The fourth-order valence-electron chi connectivity index (χ4n) is 0.861. The highest BCUT2D eigenvalue weighted by atomic mass is 19.4. The van der Waals surface area contributed by atoms with Crippen molar-refractivity contribution in [1.29, 1.82) is 0 Å². The molecule has 1 atom stereocenters. The summed E-state index contributed by atoms with van der Waals surface area (Å²) in [6.07, 6.45) is -4.19. The fraction of sp³-hybridized carbons (Fsp3) is 0.444. The Morgan fingerprint density at radius 1 is 1.47 bits per heavy atom. The SMILES string of the molecule is CC(CO)Oc1ccc(C(F)(F)F)cn1. The maximum Gasteiger partial charge on any atom is 0.417 e. The van der Waals surface area contributed by atoms with Crippen molar-refractivity contribution >= 4 is 0 Å². The van der Waals surface area contributed by atoms with Gasteiger partial charge in [-0.15, -0.1) is 0 Å². The van der Waals surface area contributed by atoms with E-state index in [2.05, 4.69) is 4.98 Å². The second-order valence-electron chi connectivity index (χ2n) is 2.99. The molecule has 1 aromatic heterocycles. The van der Waals surface area contributed by atoms with Crippen LogP contribution >= 0.6 is 0 Å². The van der Waals surface area contributed by atoms with Gasteiger partial charge >= 0.3 is 6.18 Å². The Morgan fingerprint density at radius 3 is 2.53 bits per heavy atom. The summed E-state index contributed by atoms with van der Waals surface area (Å²) in [4.78, 5) is 3.48. The van der Waals surface area contributed by atoms with Crippen LogP contribution in [0.15, 0.2) is 18.3 Å². The van der Waals surface area contributed by atoms with E-state index in [-0.39, 0.29) is 12.5 Å². The highest BCUT2D eigenvalue weighted by Crippen LogP contribution is 2.29. The third-order valence-corrected chi connectivity index (χ3v) is 1.64. The number of aliphatic hydroxyl groups is 1. The number of hydrogen-bond donors (Lipinski definition) is 1. The molecule has 0 fully saturated rings. The van der Waals surface area contributed by atoms with Crippen LogP contribution in [0.4, 0.5) is 13.2 Å². The molecule has 1 rings (SSSR count). The first kappa shape index (κ1) is 11.8. The molecule has 84 valence electrons. The van der Waals surface area contributed by atoms with E-state index in [0.717, 1.165) is 12.1 Å². The summed E-state index contributed by atoms with van der Waals surface area (Å²) in [6, 6.07) is 2.00. The molecule has 0 aromatic carbocycles. The normalized spacial score (nSPS) is 13.7. The fourth-order valence-corrected chi connectivity index (χ4v) is 0.861. The van der Waals surface area contributed by atoms with Crippen molar-refractivity contribution in [2.75, 3.05) is 6.61 Å². The van der Waals surface area contributed by atoms with Crippen molar-refractivity contribution < 1.29 is 23.0 Å². The molecule has 0 saturated carbocycles. The Bertz CT molecular complexity index is 310. The van der Waals surface area contributed by atoms with Crippen molar-refractivity contribution in [2.24, 2.45) is 0 Å². The molecule has 0 aliphatic carbocycles. The lowest BCUT2D eigenvalue weighted by molar-refractivity contribution is -0.137. The molecular formula is C9H10F3NO2. The predicted octanol–water partition coefficient (Wildman–Crippen LogP) is 1.86. The monoisotopic (exact) mass is 221 g/mol. The van der Waals surface area contributed by atoms with Crippen molar-refractivity contribution in [3.8, 4) is 5.88 Å². The van der Waals surface area contributed by atoms with Crippen LogP contribution < -0.4 is 4.74 Å². The maximum atomic E-state index is 12.1. The number of alkyl halides is 3. The van der Waals surface area contributed by atoms with Gasteiger partial charge in [-0.05, 0) is 13.0 Å². The van der Waals surface area contributed by atoms with Gasteiger partial charge in [-0.2, -0.15) is 13.2 Å². The summed E-state index contributed by atoms with van der Waals surface area (Å²) in [5.74, 6) is 0.0598. The maximum absolute atomic E-state index is 12.1. The Morgan fingerprint density at radius 2 is 2.13 bits per heavy atom. The molecule has 6 heteroatoms. The van der Waals surface area contributed by atoms with E-state index in [4.69, 9.17) is 9.84 Å². The van der Waals surface area contributed by atoms with Gasteiger partial charge in [0.1, 0.15) is 6.10 Å². The molecule has 1 N–H and O–H groups in total.